The standard InChI is InChI=1S/C20H20FNO5S/c1-14-4-10-17(11-5-14)28(25,26)22-12-2-3-18(22)20(24)19(13-23)27-16-8-6-15(21)7-9-16/h4-11,13,18-19H,2-3,12H2,1H3/t18-,19?/m0/s1. The maximum atomic E-state index is 13.0. The molecule has 1 aliphatic heterocycles. The van der Waals surface area contributed by atoms with E-state index in [1.54, 1.807) is 12.1 Å². The third kappa shape index (κ3) is 4.13. The van der Waals surface area contributed by atoms with Crippen molar-refractivity contribution in [3.8, 4) is 5.75 Å². The summed E-state index contributed by atoms with van der Waals surface area (Å²) in [5.41, 5.74) is 0.918. The topological polar surface area (TPSA) is 80.8 Å². The molecule has 8 heteroatoms. The van der Waals surface area contributed by atoms with Gasteiger partial charge in [0.1, 0.15) is 11.6 Å². The van der Waals surface area contributed by atoms with Crippen LogP contribution in [0.5, 0.6) is 5.75 Å². The largest absolute Gasteiger partial charge is 0.475 e. The lowest BCUT2D eigenvalue weighted by Gasteiger charge is -2.25. The number of carbonyl (C=O) groups is 2. The van der Waals surface area contributed by atoms with Gasteiger partial charge < -0.3 is 4.74 Å². The molecule has 1 aliphatic rings. The molecule has 0 bridgehead atoms. The van der Waals surface area contributed by atoms with Gasteiger partial charge in [-0.1, -0.05) is 17.7 Å². The van der Waals surface area contributed by atoms with E-state index in [2.05, 4.69) is 0 Å². The molecular weight excluding hydrogens is 385 g/mol. The Morgan fingerprint density at radius 3 is 2.43 bits per heavy atom. The molecule has 148 valence electrons. The molecule has 0 saturated carbocycles. The second-order valence-corrected chi connectivity index (χ2v) is 8.51. The first-order chi connectivity index (χ1) is 13.3. The summed E-state index contributed by atoms with van der Waals surface area (Å²) in [4.78, 5) is 24.4. The Balaban J connectivity index is 1.82. The van der Waals surface area contributed by atoms with Crippen LogP contribution in [0.1, 0.15) is 18.4 Å². The van der Waals surface area contributed by atoms with Crippen molar-refractivity contribution in [2.45, 2.75) is 36.8 Å². The van der Waals surface area contributed by atoms with Crippen LogP contribution in [-0.4, -0.2) is 43.5 Å². The Bertz CT molecular complexity index is 957. The van der Waals surface area contributed by atoms with Crippen LogP contribution in [-0.2, 0) is 19.6 Å². The maximum absolute atomic E-state index is 13.0. The molecule has 1 unspecified atom stereocenters. The van der Waals surface area contributed by atoms with Crippen molar-refractivity contribution in [2.75, 3.05) is 6.54 Å². The van der Waals surface area contributed by atoms with Gasteiger partial charge in [-0.15, -0.1) is 0 Å². The molecule has 1 heterocycles. The van der Waals surface area contributed by atoms with E-state index in [4.69, 9.17) is 4.74 Å². The molecule has 1 fully saturated rings. The summed E-state index contributed by atoms with van der Waals surface area (Å²) in [6.45, 7) is 2.04. The number of ether oxygens (including phenoxy) is 1. The van der Waals surface area contributed by atoms with Gasteiger partial charge in [0.05, 0.1) is 10.9 Å². The number of hydrogen-bond acceptors (Lipinski definition) is 5. The van der Waals surface area contributed by atoms with E-state index >= 15 is 0 Å². The molecule has 2 atom stereocenters. The number of nitrogens with zero attached hydrogens (tertiary/aromatic N) is 1. The van der Waals surface area contributed by atoms with Crippen molar-refractivity contribution < 1.29 is 27.1 Å². The van der Waals surface area contributed by atoms with Crippen LogP contribution in [0.4, 0.5) is 4.39 Å². The van der Waals surface area contributed by atoms with Gasteiger partial charge in [-0.05, 0) is 56.2 Å². The van der Waals surface area contributed by atoms with Crippen LogP contribution in [0.15, 0.2) is 53.4 Å². The molecule has 2 aromatic carbocycles. The van der Waals surface area contributed by atoms with Crippen LogP contribution < -0.4 is 4.74 Å². The number of ketones is 1. The van der Waals surface area contributed by atoms with E-state index in [0.717, 1.165) is 22.0 Å². The van der Waals surface area contributed by atoms with Crippen LogP contribution in [0.3, 0.4) is 0 Å². The average Bonchev–Trinajstić information content (AvgIpc) is 3.18. The van der Waals surface area contributed by atoms with Crippen LogP contribution in [0.2, 0.25) is 0 Å². The molecule has 2 aromatic rings. The Labute approximate surface area is 163 Å². The SMILES string of the molecule is Cc1ccc(S(=O)(=O)N2CCC[C@H]2C(=O)C(C=O)Oc2ccc(F)cc2)cc1. The molecule has 0 aliphatic carbocycles. The molecule has 1 saturated heterocycles. The number of carbonyl (C=O) groups excluding carboxylic acids is 2. The van der Waals surface area contributed by atoms with E-state index in [0.29, 0.717) is 19.1 Å². The predicted molar refractivity (Wildman–Crippen MR) is 100.0 cm³/mol. The van der Waals surface area contributed by atoms with Gasteiger partial charge in [-0.3, -0.25) is 9.59 Å². The first-order valence-electron chi connectivity index (χ1n) is 8.82. The van der Waals surface area contributed by atoms with Crippen molar-refractivity contribution in [2.24, 2.45) is 0 Å². The number of sulfonamides is 1. The summed E-state index contributed by atoms with van der Waals surface area (Å²) in [6.07, 6.45) is -0.324. The lowest BCUT2D eigenvalue weighted by molar-refractivity contribution is -0.133. The number of halogens is 1. The molecule has 6 nitrogen and oxygen atoms in total. The number of hydrogen-bond donors (Lipinski definition) is 0. The summed E-state index contributed by atoms with van der Waals surface area (Å²) in [6, 6.07) is 10.3. The Hall–Kier alpha value is -2.58. The third-order valence-electron chi connectivity index (χ3n) is 4.64. The van der Waals surface area contributed by atoms with E-state index in [1.165, 1.54) is 24.3 Å². The first kappa shape index (κ1) is 20.2. The van der Waals surface area contributed by atoms with Gasteiger partial charge in [0.15, 0.2) is 12.1 Å². The van der Waals surface area contributed by atoms with Crippen molar-refractivity contribution in [1.29, 1.82) is 0 Å². The first-order valence-corrected chi connectivity index (χ1v) is 10.3. The van der Waals surface area contributed by atoms with Gasteiger partial charge in [0, 0.05) is 6.54 Å². The highest BCUT2D eigenvalue weighted by atomic mass is 32.2. The number of aryl methyl sites for hydroxylation is 1. The number of rotatable bonds is 7. The van der Waals surface area contributed by atoms with Crippen molar-refractivity contribution in [1.82, 2.24) is 4.31 Å². The van der Waals surface area contributed by atoms with Crippen LogP contribution in [0, 0.1) is 12.7 Å². The highest BCUT2D eigenvalue weighted by Crippen LogP contribution is 2.28. The third-order valence-corrected chi connectivity index (χ3v) is 6.56. The summed E-state index contributed by atoms with van der Waals surface area (Å²) in [7, 11) is -3.88. The molecule has 0 amide bonds. The summed E-state index contributed by atoms with van der Waals surface area (Å²) in [5.74, 6) is -0.960. The predicted octanol–water partition coefficient (Wildman–Crippen LogP) is 2.50. The fourth-order valence-electron chi connectivity index (χ4n) is 3.16. The van der Waals surface area contributed by atoms with Crippen molar-refractivity contribution in [3.63, 3.8) is 0 Å². The zero-order valence-corrected chi connectivity index (χ0v) is 16.1. The minimum atomic E-state index is -3.88. The molecule has 0 radical (unpaired) electrons. The number of benzene rings is 2. The Morgan fingerprint density at radius 2 is 1.82 bits per heavy atom. The van der Waals surface area contributed by atoms with Crippen LogP contribution >= 0.6 is 0 Å². The van der Waals surface area contributed by atoms with E-state index in [9.17, 15) is 22.4 Å². The monoisotopic (exact) mass is 405 g/mol. The minimum Gasteiger partial charge on any atom is -0.475 e. The van der Waals surface area contributed by atoms with Crippen molar-refractivity contribution in [3.05, 3.63) is 59.9 Å². The van der Waals surface area contributed by atoms with Crippen molar-refractivity contribution >= 4 is 22.1 Å². The zero-order chi connectivity index (χ0) is 20.3. The van der Waals surface area contributed by atoms with Gasteiger partial charge >= 0.3 is 0 Å². The average molecular weight is 405 g/mol. The lowest BCUT2D eigenvalue weighted by Crippen LogP contribution is -2.46. The van der Waals surface area contributed by atoms with E-state index in [1.807, 2.05) is 6.92 Å². The molecule has 3 rings (SSSR count). The van der Waals surface area contributed by atoms with Crippen LogP contribution in [0.25, 0.3) is 0 Å². The Morgan fingerprint density at radius 1 is 1.18 bits per heavy atom. The normalized spacial score (nSPS) is 18.6. The smallest absolute Gasteiger partial charge is 0.243 e. The zero-order valence-electron chi connectivity index (χ0n) is 15.2. The fourth-order valence-corrected chi connectivity index (χ4v) is 4.82. The molecule has 0 N–H and O–H groups in total. The highest BCUT2D eigenvalue weighted by molar-refractivity contribution is 7.89. The minimum absolute atomic E-state index is 0.0971. The fraction of sp³-hybridized carbons (Fsp3) is 0.300. The molecule has 0 spiro atoms. The summed E-state index contributed by atoms with van der Waals surface area (Å²) in [5, 5.41) is 0. The van der Waals surface area contributed by atoms with E-state index < -0.39 is 33.8 Å². The summed E-state index contributed by atoms with van der Waals surface area (Å²) >= 11 is 0. The highest BCUT2D eigenvalue weighted by Gasteiger charge is 2.42. The van der Waals surface area contributed by atoms with Gasteiger partial charge in [0.2, 0.25) is 16.1 Å². The quantitative estimate of drug-likeness (QED) is 0.522. The molecule has 28 heavy (non-hydrogen) atoms. The molecule has 0 aromatic heterocycles. The molecular formula is C20H20FNO5S. The Kier molecular flexibility index (Phi) is 5.90. The van der Waals surface area contributed by atoms with Gasteiger partial charge in [-0.25, -0.2) is 12.8 Å². The maximum Gasteiger partial charge on any atom is 0.243 e. The van der Waals surface area contributed by atoms with Gasteiger partial charge in [0.25, 0.3) is 0 Å². The lowest BCUT2D eigenvalue weighted by atomic mass is 10.1. The second kappa shape index (κ2) is 8.20. The number of aldehydes is 1. The van der Waals surface area contributed by atoms with E-state index in [-0.39, 0.29) is 17.2 Å². The van der Waals surface area contributed by atoms with Gasteiger partial charge in [-0.2, -0.15) is 4.31 Å². The second-order valence-electron chi connectivity index (χ2n) is 6.62. The summed E-state index contributed by atoms with van der Waals surface area (Å²) < 4.78 is 45.5. The number of Topliss-reactive ketones (excluding diaryl/α,β-unsaturated/α-hetero) is 1.